The molecule has 7 nitrogen and oxygen atoms in total. The van der Waals surface area contributed by atoms with Crippen LogP contribution in [-0.2, 0) is 4.79 Å². The number of benzene rings is 2. The number of methoxy groups -OCH3 is 2. The molecule has 0 aromatic heterocycles. The van der Waals surface area contributed by atoms with Crippen molar-refractivity contribution in [2.45, 2.75) is 25.7 Å². The van der Waals surface area contributed by atoms with Crippen molar-refractivity contribution >= 4 is 29.6 Å². The number of hydrazone groups is 1. The predicted molar refractivity (Wildman–Crippen MR) is 118 cm³/mol. The zero-order chi connectivity index (χ0) is 21.8. The maximum Gasteiger partial charge on any atom is 0.252 e. The maximum atomic E-state index is 12.0. The number of hydrogen-bond donors (Lipinski definition) is 2. The molecule has 0 bridgehead atoms. The van der Waals surface area contributed by atoms with Crippen molar-refractivity contribution in [3.05, 3.63) is 58.6 Å². The Bertz CT molecular complexity index is 886. The molecule has 0 radical (unpaired) electrons. The van der Waals surface area contributed by atoms with Gasteiger partial charge in [-0.1, -0.05) is 30.2 Å². The predicted octanol–water partition coefficient (Wildman–Crippen LogP) is 3.80. The van der Waals surface area contributed by atoms with Crippen LogP contribution in [0.2, 0.25) is 5.02 Å². The lowest BCUT2D eigenvalue weighted by molar-refractivity contribution is -0.121. The zero-order valence-electron chi connectivity index (χ0n) is 17.1. The van der Waals surface area contributed by atoms with E-state index in [2.05, 4.69) is 15.8 Å². The van der Waals surface area contributed by atoms with Crippen LogP contribution in [0, 0.1) is 0 Å². The number of nitrogens with zero attached hydrogens (tertiary/aromatic N) is 1. The second kappa shape index (κ2) is 12.5. The van der Waals surface area contributed by atoms with E-state index < -0.39 is 0 Å². The fraction of sp³-hybridized carbons (Fsp3) is 0.318. The van der Waals surface area contributed by atoms with E-state index in [0.717, 1.165) is 18.4 Å². The lowest BCUT2D eigenvalue weighted by Gasteiger charge is -2.07. The molecule has 2 aromatic carbocycles. The molecule has 8 heteroatoms. The van der Waals surface area contributed by atoms with Gasteiger partial charge in [-0.3, -0.25) is 9.59 Å². The molecule has 0 saturated heterocycles. The highest BCUT2D eigenvalue weighted by atomic mass is 35.5. The number of ether oxygens (including phenoxy) is 2. The van der Waals surface area contributed by atoms with E-state index in [-0.39, 0.29) is 11.8 Å². The topological polar surface area (TPSA) is 89.0 Å². The third kappa shape index (κ3) is 7.40. The quantitative estimate of drug-likeness (QED) is 0.322. The third-order valence-corrected chi connectivity index (χ3v) is 4.62. The Morgan fingerprint density at radius 3 is 2.53 bits per heavy atom. The normalized spacial score (nSPS) is 10.6. The number of unbranched alkanes of at least 4 members (excludes halogenated alkanes) is 2. The Morgan fingerprint density at radius 1 is 1.03 bits per heavy atom. The summed E-state index contributed by atoms with van der Waals surface area (Å²) in [5.74, 6) is 0.866. The molecule has 0 unspecified atom stereocenters. The summed E-state index contributed by atoms with van der Waals surface area (Å²) < 4.78 is 10.4. The van der Waals surface area contributed by atoms with E-state index in [1.54, 1.807) is 56.8 Å². The fourth-order valence-corrected chi connectivity index (χ4v) is 2.92. The minimum atomic E-state index is -0.192. The molecule has 0 atom stereocenters. The van der Waals surface area contributed by atoms with Crippen molar-refractivity contribution in [2.75, 3.05) is 20.8 Å². The SMILES string of the molecule is COc1ccc(C=NNC(=O)CCCCCNC(=O)c2ccccc2Cl)cc1OC. The van der Waals surface area contributed by atoms with Crippen molar-refractivity contribution in [3.63, 3.8) is 0 Å². The second-order valence-electron chi connectivity index (χ2n) is 6.45. The summed E-state index contributed by atoms with van der Waals surface area (Å²) in [5.41, 5.74) is 3.75. The van der Waals surface area contributed by atoms with Gasteiger partial charge in [0.15, 0.2) is 11.5 Å². The van der Waals surface area contributed by atoms with Crippen LogP contribution in [0.25, 0.3) is 0 Å². The summed E-state index contributed by atoms with van der Waals surface area (Å²) in [6.45, 7) is 0.531. The molecule has 0 saturated carbocycles. The van der Waals surface area contributed by atoms with Gasteiger partial charge in [-0.2, -0.15) is 5.10 Å². The molecule has 30 heavy (non-hydrogen) atoms. The van der Waals surface area contributed by atoms with Gasteiger partial charge in [-0.05, 0) is 48.7 Å². The number of carbonyl (C=O) groups excluding carboxylic acids is 2. The first-order chi connectivity index (χ1) is 14.5. The Hall–Kier alpha value is -3.06. The molecule has 2 aromatic rings. The Labute approximate surface area is 181 Å². The molecule has 160 valence electrons. The Morgan fingerprint density at radius 2 is 1.80 bits per heavy atom. The number of halogens is 1. The number of carbonyl (C=O) groups is 2. The Balaban J connectivity index is 1.62. The van der Waals surface area contributed by atoms with Crippen molar-refractivity contribution in [1.29, 1.82) is 0 Å². The number of rotatable bonds is 11. The van der Waals surface area contributed by atoms with E-state index in [1.807, 2.05) is 6.07 Å². The van der Waals surface area contributed by atoms with Crippen molar-refractivity contribution in [3.8, 4) is 11.5 Å². The van der Waals surface area contributed by atoms with E-state index in [1.165, 1.54) is 0 Å². The second-order valence-corrected chi connectivity index (χ2v) is 6.86. The van der Waals surface area contributed by atoms with Crippen LogP contribution < -0.4 is 20.2 Å². The van der Waals surface area contributed by atoms with Crippen molar-refractivity contribution in [1.82, 2.24) is 10.7 Å². The van der Waals surface area contributed by atoms with Gasteiger partial charge in [0, 0.05) is 13.0 Å². The molecule has 0 aliphatic heterocycles. The summed E-state index contributed by atoms with van der Waals surface area (Å²) in [4.78, 5) is 23.9. The summed E-state index contributed by atoms with van der Waals surface area (Å²) >= 11 is 6.00. The van der Waals surface area contributed by atoms with Crippen LogP contribution in [-0.4, -0.2) is 38.8 Å². The van der Waals surface area contributed by atoms with Gasteiger partial charge in [0.05, 0.1) is 31.0 Å². The molecule has 0 aliphatic rings. The summed E-state index contributed by atoms with van der Waals surface area (Å²) in [6.07, 6.45) is 4.21. The lowest BCUT2D eigenvalue weighted by Crippen LogP contribution is -2.24. The largest absolute Gasteiger partial charge is 0.493 e. The van der Waals surface area contributed by atoms with E-state index in [0.29, 0.717) is 41.5 Å². The summed E-state index contributed by atoms with van der Waals surface area (Å²) in [5, 5.41) is 7.22. The molecular formula is C22H26ClN3O4. The minimum Gasteiger partial charge on any atom is -0.493 e. The average Bonchev–Trinajstić information content (AvgIpc) is 2.76. The van der Waals surface area contributed by atoms with Gasteiger partial charge in [-0.15, -0.1) is 0 Å². The number of amides is 2. The van der Waals surface area contributed by atoms with Crippen LogP contribution in [0.5, 0.6) is 11.5 Å². The summed E-state index contributed by atoms with van der Waals surface area (Å²) in [6, 6.07) is 12.3. The van der Waals surface area contributed by atoms with Crippen molar-refractivity contribution in [2.24, 2.45) is 5.10 Å². The van der Waals surface area contributed by atoms with Gasteiger partial charge in [0.1, 0.15) is 0 Å². The Kier molecular flexibility index (Phi) is 9.67. The van der Waals surface area contributed by atoms with Crippen LogP contribution in [0.15, 0.2) is 47.6 Å². The first kappa shape index (κ1) is 23.2. The average molecular weight is 432 g/mol. The van der Waals surface area contributed by atoms with E-state index in [9.17, 15) is 9.59 Å². The third-order valence-electron chi connectivity index (χ3n) is 4.30. The van der Waals surface area contributed by atoms with Gasteiger partial charge in [0.25, 0.3) is 5.91 Å². The number of hydrogen-bond acceptors (Lipinski definition) is 5. The highest BCUT2D eigenvalue weighted by Crippen LogP contribution is 2.26. The first-order valence-corrected chi connectivity index (χ1v) is 9.99. The van der Waals surface area contributed by atoms with Crippen LogP contribution in [0.4, 0.5) is 0 Å². The molecule has 0 heterocycles. The summed E-state index contributed by atoms with van der Waals surface area (Å²) in [7, 11) is 3.13. The van der Waals surface area contributed by atoms with Gasteiger partial charge in [0.2, 0.25) is 5.91 Å². The van der Waals surface area contributed by atoms with Crippen molar-refractivity contribution < 1.29 is 19.1 Å². The molecular weight excluding hydrogens is 406 g/mol. The molecule has 0 aliphatic carbocycles. The number of nitrogens with one attached hydrogen (secondary N) is 2. The smallest absolute Gasteiger partial charge is 0.252 e. The molecule has 2 rings (SSSR count). The monoisotopic (exact) mass is 431 g/mol. The highest BCUT2D eigenvalue weighted by molar-refractivity contribution is 6.33. The highest BCUT2D eigenvalue weighted by Gasteiger charge is 2.08. The molecule has 2 amide bonds. The first-order valence-electron chi connectivity index (χ1n) is 9.61. The van der Waals surface area contributed by atoms with Crippen LogP contribution in [0.3, 0.4) is 0 Å². The van der Waals surface area contributed by atoms with Gasteiger partial charge >= 0.3 is 0 Å². The zero-order valence-corrected chi connectivity index (χ0v) is 17.9. The van der Waals surface area contributed by atoms with Crippen LogP contribution >= 0.6 is 11.6 Å². The maximum absolute atomic E-state index is 12.0. The van der Waals surface area contributed by atoms with Crippen LogP contribution in [0.1, 0.15) is 41.6 Å². The van der Waals surface area contributed by atoms with Gasteiger partial charge in [-0.25, -0.2) is 5.43 Å². The van der Waals surface area contributed by atoms with E-state index in [4.69, 9.17) is 21.1 Å². The fourth-order valence-electron chi connectivity index (χ4n) is 2.70. The lowest BCUT2D eigenvalue weighted by atomic mass is 10.1. The molecule has 0 fully saturated rings. The molecule has 0 spiro atoms. The van der Waals surface area contributed by atoms with Gasteiger partial charge < -0.3 is 14.8 Å². The standard InChI is InChI=1S/C22H26ClN3O4/c1-29-19-12-11-16(14-20(19)30-2)15-25-26-21(27)10-4-3-7-13-24-22(28)17-8-5-6-9-18(17)23/h5-6,8-9,11-12,14-15H,3-4,7,10,13H2,1-2H3,(H,24,28)(H,26,27). The molecule has 2 N–H and O–H groups in total. The van der Waals surface area contributed by atoms with E-state index >= 15 is 0 Å². The minimum absolute atomic E-state index is 0.160.